The Kier molecular flexibility index (Phi) is 5.61. The predicted molar refractivity (Wildman–Crippen MR) is 137 cm³/mol. The number of aromatic amines is 2. The van der Waals surface area contributed by atoms with E-state index in [0.29, 0.717) is 51.8 Å². The van der Waals surface area contributed by atoms with Gasteiger partial charge in [0.25, 0.3) is 0 Å². The van der Waals surface area contributed by atoms with Crippen molar-refractivity contribution in [1.82, 2.24) is 35.1 Å². The minimum atomic E-state index is -0.743. The number of fused-ring (bicyclic) bond motifs is 2. The molecule has 10 nitrogen and oxygen atoms in total. The van der Waals surface area contributed by atoms with Crippen LogP contribution in [0, 0.1) is 11.7 Å². The van der Waals surface area contributed by atoms with Gasteiger partial charge in [-0.1, -0.05) is 13.8 Å². The van der Waals surface area contributed by atoms with Crippen molar-refractivity contribution in [3.05, 3.63) is 61.3 Å². The molecule has 0 aliphatic rings. The Labute approximate surface area is 210 Å². The lowest BCUT2D eigenvalue weighted by molar-refractivity contribution is 0.176. The van der Waals surface area contributed by atoms with E-state index in [1.54, 1.807) is 43.1 Å². The number of nitrogens with one attached hydrogen (secondary N) is 3. The van der Waals surface area contributed by atoms with Gasteiger partial charge < -0.3 is 19.8 Å². The monoisotopic (exact) mass is 498 g/mol. The number of halogens is 1. The molecule has 1 unspecified atom stereocenters. The molecule has 6 aromatic heterocycles. The van der Waals surface area contributed by atoms with Crippen LogP contribution in [0.2, 0.25) is 0 Å². The highest BCUT2D eigenvalue weighted by Gasteiger charge is 2.22. The van der Waals surface area contributed by atoms with Crippen molar-refractivity contribution in [3.63, 3.8) is 0 Å². The Balaban J connectivity index is 1.42. The second-order valence-corrected chi connectivity index (χ2v) is 9.19. The molecule has 1 atom stereocenters. The summed E-state index contributed by atoms with van der Waals surface area (Å²) in [6, 6.07) is 5.31. The predicted octanol–water partition coefficient (Wildman–Crippen LogP) is 5.13. The topological polar surface area (TPSA) is 141 Å². The summed E-state index contributed by atoms with van der Waals surface area (Å²) >= 11 is 0. The highest BCUT2D eigenvalue weighted by atomic mass is 19.1. The number of anilines is 1. The van der Waals surface area contributed by atoms with E-state index in [1.165, 1.54) is 12.4 Å². The molecule has 0 radical (unpaired) electrons. The van der Waals surface area contributed by atoms with Crippen LogP contribution in [-0.4, -0.2) is 46.5 Å². The van der Waals surface area contributed by atoms with Crippen LogP contribution in [0.15, 0.2) is 59.9 Å². The van der Waals surface area contributed by atoms with Gasteiger partial charge in [0.15, 0.2) is 11.6 Å². The van der Waals surface area contributed by atoms with Gasteiger partial charge in [-0.25, -0.2) is 9.37 Å². The lowest BCUT2D eigenvalue weighted by Crippen LogP contribution is -2.20. The molecule has 11 heteroatoms. The first kappa shape index (κ1) is 22.8. The molecule has 6 aromatic rings. The van der Waals surface area contributed by atoms with Gasteiger partial charge in [0, 0.05) is 23.5 Å². The fourth-order valence-electron chi connectivity index (χ4n) is 4.35. The Morgan fingerprint density at radius 1 is 1.05 bits per heavy atom. The van der Waals surface area contributed by atoms with Crippen molar-refractivity contribution in [1.29, 1.82) is 0 Å². The molecular weight excluding hydrogens is 475 g/mol. The Morgan fingerprint density at radius 2 is 1.95 bits per heavy atom. The Bertz CT molecular complexity index is 1710. The average molecular weight is 499 g/mol. The number of rotatable bonds is 7. The average Bonchev–Trinajstić information content (AvgIpc) is 3.62. The lowest BCUT2D eigenvalue weighted by atomic mass is 10.1. The van der Waals surface area contributed by atoms with Crippen LogP contribution >= 0.6 is 0 Å². The SMILES string of the molecule is CC(C)CC(O)Nc1cncc(-c2ncc3[nH]nc(-c4nc5c(-c6ccoc6)nccc5[nH]4)c3c2F)c1. The van der Waals surface area contributed by atoms with Crippen molar-refractivity contribution < 1.29 is 13.9 Å². The Hall–Kier alpha value is -4.64. The van der Waals surface area contributed by atoms with Crippen molar-refractivity contribution in [2.24, 2.45) is 5.92 Å². The van der Waals surface area contributed by atoms with Crippen LogP contribution in [0.4, 0.5) is 10.1 Å². The number of H-pyrrole nitrogens is 2. The summed E-state index contributed by atoms with van der Waals surface area (Å²) in [5.74, 6) is 0.140. The molecule has 37 heavy (non-hydrogen) atoms. The standard InChI is InChI=1S/C26H23FN8O2/c1-13(2)7-19(36)31-16-8-15(9-28-10-16)22-21(27)20-18(11-30-22)34-35-25(20)26-32-17-3-5-29-23(24(17)33-26)14-4-6-37-12-14/h3-6,8-13,19,31,36H,7H2,1-2H3,(H,32,33)(H,34,35). The van der Waals surface area contributed by atoms with Gasteiger partial charge in [-0.15, -0.1) is 0 Å². The molecule has 0 spiro atoms. The molecule has 0 amide bonds. The van der Waals surface area contributed by atoms with Gasteiger partial charge in [0.2, 0.25) is 0 Å². The molecular formula is C26H23FN8O2. The van der Waals surface area contributed by atoms with Crippen LogP contribution in [-0.2, 0) is 0 Å². The number of aliphatic hydroxyl groups is 1. The molecule has 0 aliphatic carbocycles. The second-order valence-electron chi connectivity index (χ2n) is 9.19. The summed E-state index contributed by atoms with van der Waals surface area (Å²) in [6.45, 7) is 4.04. The number of pyridine rings is 3. The van der Waals surface area contributed by atoms with Gasteiger partial charge in [0.1, 0.15) is 28.8 Å². The van der Waals surface area contributed by atoms with Crippen LogP contribution in [0.25, 0.3) is 56.0 Å². The van der Waals surface area contributed by atoms with E-state index in [0.717, 1.165) is 11.1 Å². The Morgan fingerprint density at radius 3 is 2.76 bits per heavy atom. The molecule has 0 saturated heterocycles. The number of hydrogen-bond donors (Lipinski definition) is 4. The third-order valence-corrected chi connectivity index (χ3v) is 6.00. The number of hydrogen-bond acceptors (Lipinski definition) is 8. The summed E-state index contributed by atoms with van der Waals surface area (Å²) in [5.41, 5.74) is 4.67. The first-order valence-electron chi connectivity index (χ1n) is 11.8. The molecule has 0 saturated carbocycles. The number of aromatic nitrogens is 7. The molecule has 0 aliphatic heterocycles. The zero-order valence-corrected chi connectivity index (χ0v) is 20.0. The van der Waals surface area contributed by atoms with Gasteiger partial charge in [0.05, 0.1) is 47.0 Å². The first-order chi connectivity index (χ1) is 18.0. The maximum atomic E-state index is 16.0. The highest BCUT2D eigenvalue weighted by Crippen LogP contribution is 2.34. The summed E-state index contributed by atoms with van der Waals surface area (Å²) < 4.78 is 21.2. The fraction of sp³-hybridized carbons (Fsp3) is 0.192. The van der Waals surface area contributed by atoms with E-state index >= 15 is 4.39 Å². The lowest BCUT2D eigenvalue weighted by Gasteiger charge is -2.16. The summed E-state index contributed by atoms with van der Waals surface area (Å²) in [4.78, 5) is 20.9. The van der Waals surface area contributed by atoms with E-state index < -0.39 is 12.0 Å². The number of furan rings is 1. The normalized spacial score (nSPS) is 12.6. The van der Waals surface area contributed by atoms with E-state index in [1.807, 2.05) is 13.8 Å². The highest BCUT2D eigenvalue weighted by molar-refractivity contribution is 5.97. The van der Waals surface area contributed by atoms with Crippen LogP contribution in [0.3, 0.4) is 0 Å². The molecule has 4 N–H and O–H groups in total. The number of aliphatic hydroxyl groups excluding tert-OH is 1. The third-order valence-electron chi connectivity index (χ3n) is 6.00. The van der Waals surface area contributed by atoms with Crippen molar-refractivity contribution in [2.75, 3.05) is 5.32 Å². The van der Waals surface area contributed by atoms with E-state index in [4.69, 9.17) is 9.40 Å². The molecule has 0 aromatic carbocycles. The van der Waals surface area contributed by atoms with Crippen molar-refractivity contribution in [2.45, 2.75) is 26.5 Å². The first-order valence-corrected chi connectivity index (χ1v) is 11.8. The summed E-state index contributed by atoms with van der Waals surface area (Å²) in [5, 5.41) is 20.7. The maximum absolute atomic E-state index is 16.0. The van der Waals surface area contributed by atoms with E-state index in [-0.39, 0.29) is 11.1 Å². The number of nitrogens with zero attached hydrogens (tertiary/aromatic N) is 5. The van der Waals surface area contributed by atoms with Crippen LogP contribution < -0.4 is 5.32 Å². The summed E-state index contributed by atoms with van der Waals surface area (Å²) in [7, 11) is 0. The molecule has 6 rings (SSSR count). The largest absolute Gasteiger partial charge is 0.472 e. The number of imidazole rings is 1. The van der Waals surface area contributed by atoms with Crippen LogP contribution in [0.5, 0.6) is 0 Å². The van der Waals surface area contributed by atoms with Gasteiger partial charge >= 0.3 is 0 Å². The molecule has 6 heterocycles. The maximum Gasteiger partial charge on any atom is 0.161 e. The molecule has 186 valence electrons. The van der Waals surface area contributed by atoms with Crippen LogP contribution in [0.1, 0.15) is 20.3 Å². The molecule has 0 bridgehead atoms. The minimum absolute atomic E-state index is 0.113. The third kappa shape index (κ3) is 4.19. The summed E-state index contributed by atoms with van der Waals surface area (Å²) in [6.07, 6.45) is 9.29. The fourth-order valence-corrected chi connectivity index (χ4v) is 4.35. The quantitative estimate of drug-likeness (QED) is 0.222. The minimum Gasteiger partial charge on any atom is -0.472 e. The van der Waals surface area contributed by atoms with E-state index in [2.05, 4.69) is 35.5 Å². The zero-order valence-electron chi connectivity index (χ0n) is 20.0. The van der Waals surface area contributed by atoms with Crippen molar-refractivity contribution in [3.8, 4) is 34.0 Å². The smallest absolute Gasteiger partial charge is 0.161 e. The van der Waals surface area contributed by atoms with Crippen molar-refractivity contribution >= 4 is 27.6 Å². The van der Waals surface area contributed by atoms with E-state index in [9.17, 15) is 5.11 Å². The molecule has 0 fully saturated rings. The van der Waals surface area contributed by atoms with Gasteiger partial charge in [-0.3, -0.25) is 20.1 Å². The second kappa shape index (κ2) is 9.10. The zero-order chi connectivity index (χ0) is 25.5. The van der Waals surface area contributed by atoms with Gasteiger partial charge in [-0.2, -0.15) is 5.10 Å². The van der Waals surface area contributed by atoms with Gasteiger partial charge in [-0.05, 0) is 30.5 Å².